The van der Waals surface area contributed by atoms with Gasteiger partial charge in [-0.25, -0.2) is 32.2 Å². The predicted octanol–water partition coefficient (Wildman–Crippen LogP) is 4.18. The van der Waals surface area contributed by atoms with Gasteiger partial charge in [0.2, 0.25) is 16.0 Å². The third-order valence-corrected chi connectivity index (χ3v) is 7.62. The van der Waals surface area contributed by atoms with Crippen LogP contribution in [0.3, 0.4) is 0 Å². The van der Waals surface area contributed by atoms with Gasteiger partial charge in [-0.05, 0) is 54.1 Å². The second-order valence-corrected chi connectivity index (χ2v) is 11.5. The van der Waals surface area contributed by atoms with Crippen LogP contribution in [-0.2, 0) is 16.2 Å². The molecule has 1 aliphatic rings. The third-order valence-electron chi connectivity index (χ3n) is 5.68. The Kier molecular flexibility index (Phi) is 7.27. The minimum atomic E-state index is -4.82. The van der Waals surface area contributed by atoms with Gasteiger partial charge in [-0.1, -0.05) is 0 Å². The quantitative estimate of drug-likeness (QED) is 0.332. The van der Waals surface area contributed by atoms with E-state index in [1.807, 2.05) is 22.6 Å². The molecule has 3 heterocycles. The summed E-state index contributed by atoms with van der Waals surface area (Å²) >= 11 is 1.94. The maximum absolute atomic E-state index is 14.7. The average molecular weight is 642 g/mol. The molecule has 1 aliphatic heterocycles. The zero-order chi connectivity index (χ0) is 26.4. The number of halogens is 6. The van der Waals surface area contributed by atoms with Crippen molar-refractivity contribution < 1.29 is 30.4 Å². The summed E-state index contributed by atoms with van der Waals surface area (Å²) in [6.07, 6.45) is -3.60. The summed E-state index contributed by atoms with van der Waals surface area (Å²) in [7, 11) is -3.58. The van der Waals surface area contributed by atoms with Crippen LogP contribution in [0.1, 0.15) is 17.8 Å². The second kappa shape index (κ2) is 9.81. The zero-order valence-corrected chi connectivity index (χ0v) is 21.9. The maximum Gasteiger partial charge on any atom is 0.420 e. The highest BCUT2D eigenvalue weighted by Gasteiger charge is 2.37. The monoisotopic (exact) mass is 642 g/mol. The molecule has 0 amide bonds. The summed E-state index contributed by atoms with van der Waals surface area (Å²) < 4.78 is 96.8. The minimum absolute atomic E-state index is 0.0373. The minimum Gasteiger partial charge on any atom is -0.348 e. The van der Waals surface area contributed by atoms with E-state index >= 15 is 0 Å². The fraction of sp³-hybridized carbons (Fsp3) is 0.381. The van der Waals surface area contributed by atoms with Crippen LogP contribution in [0.5, 0.6) is 0 Å². The molecule has 1 saturated heterocycles. The first-order valence-electron chi connectivity index (χ1n) is 10.6. The van der Waals surface area contributed by atoms with Gasteiger partial charge in [0.15, 0.2) is 0 Å². The number of hydrogen-bond acceptors (Lipinski definition) is 6. The van der Waals surface area contributed by atoms with Crippen LogP contribution in [0, 0.1) is 16.3 Å². The molecular weight excluding hydrogens is 622 g/mol. The van der Waals surface area contributed by atoms with Gasteiger partial charge in [0.25, 0.3) is 0 Å². The van der Waals surface area contributed by atoms with Crippen molar-refractivity contribution in [2.45, 2.75) is 31.7 Å². The van der Waals surface area contributed by atoms with Crippen molar-refractivity contribution >= 4 is 38.6 Å². The topological polar surface area (TPSA) is 93.0 Å². The zero-order valence-electron chi connectivity index (χ0n) is 18.9. The lowest BCUT2D eigenvalue weighted by Gasteiger charge is -2.33. The number of nitrogens with zero attached hydrogens (tertiary/aromatic N) is 5. The molecule has 2 aromatic heterocycles. The molecule has 0 spiro atoms. The number of alkyl halides is 4. The molecule has 194 valence electrons. The maximum atomic E-state index is 14.7. The number of hydrogen-bond donors (Lipinski definition) is 1. The van der Waals surface area contributed by atoms with Gasteiger partial charge >= 0.3 is 6.18 Å². The van der Waals surface area contributed by atoms with E-state index in [4.69, 9.17) is 0 Å². The highest BCUT2D eigenvalue weighted by atomic mass is 127. The Balaban J connectivity index is 1.69. The first kappa shape index (κ1) is 26.7. The molecular formula is C21H20F5IN6O2S. The van der Waals surface area contributed by atoms with Crippen LogP contribution < -0.4 is 5.32 Å². The molecule has 15 heteroatoms. The lowest BCUT2D eigenvalue weighted by atomic mass is 10.1. The van der Waals surface area contributed by atoms with Gasteiger partial charge in [0.1, 0.15) is 34.8 Å². The number of nitrogens with one attached hydrogen (secondary N) is 1. The molecule has 36 heavy (non-hydrogen) atoms. The summed E-state index contributed by atoms with van der Waals surface area (Å²) in [6, 6.07) is 3.50. The van der Waals surface area contributed by atoms with E-state index in [2.05, 4.69) is 20.3 Å². The van der Waals surface area contributed by atoms with Crippen molar-refractivity contribution in [3.63, 3.8) is 0 Å². The van der Waals surface area contributed by atoms with Gasteiger partial charge in [0.05, 0.1) is 18.0 Å². The predicted molar refractivity (Wildman–Crippen MR) is 130 cm³/mol. The number of benzene rings is 1. The summed E-state index contributed by atoms with van der Waals surface area (Å²) in [5.41, 5.74) is -1.79. The van der Waals surface area contributed by atoms with Crippen LogP contribution in [0.4, 0.5) is 27.9 Å². The Morgan fingerprint density at radius 3 is 2.56 bits per heavy atom. The van der Waals surface area contributed by atoms with E-state index in [0.29, 0.717) is 9.77 Å². The van der Waals surface area contributed by atoms with E-state index in [1.54, 1.807) is 6.07 Å². The largest absolute Gasteiger partial charge is 0.420 e. The first-order chi connectivity index (χ1) is 16.7. The SMILES string of the molecule is Cc1nc(-c2nc(N[C@H]3CCN(S(C)(=O)=O)C[C@H]3F)ncc2C(F)(F)F)cn1-c1ccc(I)cc1F. The number of anilines is 1. The summed E-state index contributed by atoms with van der Waals surface area (Å²) in [4.78, 5) is 11.8. The van der Waals surface area contributed by atoms with Crippen LogP contribution in [0.25, 0.3) is 17.1 Å². The number of rotatable bonds is 5. The summed E-state index contributed by atoms with van der Waals surface area (Å²) in [5.74, 6) is -0.626. The number of aromatic nitrogens is 4. The van der Waals surface area contributed by atoms with Gasteiger partial charge in [0, 0.05) is 29.1 Å². The van der Waals surface area contributed by atoms with Gasteiger partial charge in [-0.15, -0.1) is 0 Å². The van der Waals surface area contributed by atoms with Crippen molar-refractivity contribution in [2.24, 2.45) is 0 Å². The van der Waals surface area contributed by atoms with Crippen molar-refractivity contribution in [1.82, 2.24) is 23.8 Å². The molecule has 3 aromatic rings. The van der Waals surface area contributed by atoms with Crippen molar-refractivity contribution in [1.29, 1.82) is 0 Å². The first-order valence-corrected chi connectivity index (χ1v) is 13.5. The standard InChI is InChI=1S/C21H20F5IN6O2S/c1-11-29-17(10-33(11)18-4-3-12(27)7-14(18)22)19-13(21(24,25)26)8-28-20(31-19)30-16-5-6-32(9-15(16)23)36(2,34)35/h3-4,7-8,10,15-16H,5-6,9H2,1-2H3,(H,28,30,31)/t15-,16+/m1/s1. The van der Waals surface area contributed by atoms with Crippen molar-refractivity contribution in [3.8, 4) is 17.1 Å². The van der Waals surface area contributed by atoms with Gasteiger partial charge in [-0.2, -0.15) is 17.5 Å². The smallest absolute Gasteiger partial charge is 0.348 e. The van der Waals surface area contributed by atoms with Crippen LogP contribution >= 0.6 is 22.6 Å². The van der Waals surface area contributed by atoms with E-state index in [0.717, 1.165) is 10.6 Å². The highest BCUT2D eigenvalue weighted by Crippen LogP contribution is 2.36. The van der Waals surface area contributed by atoms with Crippen LogP contribution in [-0.4, -0.2) is 63.8 Å². The van der Waals surface area contributed by atoms with E-state index < -0.39 is 52.0 Å². The Bertz CT molecular complexity index is 1400. The van der Waals surface area contributed by atoms with E-state index in [1.165, 1.54) is 29.8 Å². The molecule has 0 saturated carbocycles. The number of aryl methyl sites for hydroxylation is 1. The molecule has 1 fully saturated rings. The summed E-state index contributed by atoms with van der Waals surface area (Å²) in [6.45, 7) is 1.16. The lowest BCUT2D eigenvalue weighted by Crippen LogP contribution is -2.49. The molecule has 8 nitrogen and oxygen atoms in total. The van der Waals surface area contributed by atoms with Gasteiger partial charge < -0.3 is 9.88 Å². The molecule has 0 bridgehead atoms. The lowest BCUT2D eigenvalue weighted by molar-refractivity contribution is -0.137. The Morgan fingerprint density at radius 1 is 1.22 bits per heavy atom. The van der Waals surface area contributed by atoms with Crippen molar-refractivity contribution in [3.05, 3.63) is 51.4 Å². The number of imidazole rings is 1. The molecule has 4 rings (SSSR count). The third kappa shape index (κ3) is 5.61. The Morgan fingerprint density at radius 2 is 1.94 bits per heavy atom. The molecule has 0 aliphatic carbocycles. The number of piperidine rings is 1. The number of sulfonamides is 1. The molecule has 0 radical (unpaired) electrons. The fourth-order valence-electron chi connectivity index (χ4n) is 3.87. The van der Waals surface area contributed by atoms with E-state index in [-0.39, 0.29) is 36.1 Å². The average Bonchev–Trinajstić information content (AvgIpc) is 3.15. The molecule has 2 atom stereocenters. The normalized spacial score (nSPS) is 19.4. The van der Waals surface area contributed by atoms with Crippen molar-refractivity contribution in [2.75, 3.05) is 24.7 Å². The summed E-state index contributed by atoms with van der Waals surface area (Å²) in [5, 5.41) is 2.68. The van der Waals surface area contributed by atoms with E-state index in [9.17, 15) is 30.4 Å². The molecule has 1 aromatic carbocycles. The molecule has 1 N–H and O–H groups in total. The Labute approximate surface area is 217 Å². The van der Waals surface area contributed by atoms with Gasteiger partial charge in [-0.3, -0.25) is 0 Å². The fourth-order valence-corrected chi connectivity index (χ4v) is 5.17. The van der Waals surface area contributed by atoms with Crippen LogP contribution in [0.15, 0.2) is 30.6 Å². The molecule has 0 unspecified atom stereocenters. The van der Waals surface area contributed by atoms with Crippen LogP contribution in [0.2, 0.25) is 0 Å². The highest BCUT2D eigenvalue weighted by molar-refractivity contribution is 14.1. The second-order valence-electron chi connectivity index (χ2n) is 8.27. The Hall–Kier alpha value is -2.40.